The number of nitrogens with zero attached hydrogens (tertiary/aromatic N) is 4. The summed E-state index contributed by atoms with van der Waals surface area (Å²) in [4.78, 5) is 21.0. The summed E-state index contributed by atoms with van der Waals surface area (Å²) in [6, 6.07) is 18.4. The molecule has 1 aliphatic rings. The van der Waals surface area contributed by atoms with Gasteiger partial charge in [-0.05, 0) is 36.8 Å². The quantitative estimate of drug-likeness (QED) is 0.729. The summed E-state index contributed by atoms with van der Waals surface area (Å²) in [5.74, 6) is 0.151. The van der Waals surface area contributed by atoms with Gasteiger partial charge < -0.3 is 9.47 Å². The number of imidazole rings is 1. The Kier molecular flexibility index (Phi) is 4.54. The first-order valence-corrected chi connectivity index (χ1v) is 8.87. The second-order valence-electron chi connectivity index (χ2n) is 6.68. The van der Waals surface area contributed by atoms with Gasteiger partial charge in [-0.15, -0.1) is 0 Å². The molecule has 2 heterocycles. The van der Waals surface area contributed by atoms with Crippen LogP contribution in [0.15, 0.2) is 67.1 Å². The first-order valence-electron chi connectivity index (χ1n) is 8.87. The maximum Gasteiger partial charge on any atom is 0.241 e. The second kappa shape index (κ2) is 7.14. The number of hydrogen-bond acceptors (Lipinski definition) is 3. The van der Waals surface area contributed by atoms with Gasteiger partial charge in [-0.1, -0.05) is 30.3 Å². The first kappa shape index (κ1) is 16.5. The topological polar surface area (TPSA) is 41.4 Å². The van der Waals surface area contributed by atoms with Crippen LogP contribution in [-0.2, 0) is 11.3 Å². The number of amides is 1. The second-order valence-corrected chi connectivity index (χ2v) is 6.68. The van der Waals surface area contributed by atoms with Gasteiger partial charge in [0.2, 0.25) is 5.91 Å². The molecule has 0 atom stereocenters. The van der Waals surface area contributed by atoms with E-state index in [4.69, 9.17) is 0 Å². The molecule has 0 aliphatic carbocycles. The molecule has 0 unspecified atom stereocenters. The molecule has 1 saturated heterocycles. The number of rotatable bonds is 4. The predicted molar refractivity (Wildman–Crippen MR) is 102 cm³/mol. The van der Waals surface area contributed by atoms with Gasteiger partial charge in [0.15, 0.2) is 0 Å². The Balaban J connectivity index is 1.42. The van der Waals surface area contributed by atoms with E-state index in [9.17, 15) is 4.79 Å². The molecular formula is C21H22N4O. The minimum atomic E-state index is 0.151. The third kappa shape index (κ3) is 3.53. The Hall–Kier alpha value is -2.92. The highest BCUT2D eigenvalue weighted by Gasteiger charge is 2.25. The Morgan fingerprint density at radius 2 is 1.69 bits per heavy atom. The zero-order chi connectivity index (χ0) is 17.9. The maximum atomic E-state index is 12.6. The molecule has 1 aliphatic heterocycles. The summed E-state index contributed by atoms with van der Waals surface area (Å²) in [5.41, 5.74) is 4.23. The summed E-state index contributed by atoms with van der Waals surface area (Å²) in [6.07, 6.45) is 3.79. The molecule has 0 saturated carbocycles. The van der Waals surface area contributed by atoms with Crippen LogP contribution in [0.5, 0.6) is 0 Å². The van der Waals surface area contributed by atoms with Crippen molar-refractivity contribution in [1.82, 2.24) is 14.5 Å². The van der Waals surface area contributed by atoms with Crippen molar-refractivity contribution < 1.29 is 4.79 Å². The SMILES string of the molecule is Cc1cn(-c2ccc(N3CCN(Cc4ccccc4)CC3=O)cc2)cn1. The third-order valence-electron chi connectivity index (χ3n) is 4.72. The van der Waals surface area contributed by atoms with Crippen molar-refractivity contribution in [2.75, 3.05) is 24.5 Å². The van der Waals surface area contributed by atoms with Crippen molar-refractivity contribution in [3.05, 3.63) is 78.4 Å². The Morgan fingerprint density at radius 3 is 2.35 bits per heavy atom. The average molecular weight is 346 g/mol. The van der Waals surface area contributed by atoms with Crippen LogP contribution >= 0.6 is 0 Å². The van der Waals surface area contributed by atoms with E-state index in [1.807, 2.05) is 65.1 Å². The van der Waals surface area contributed by atoms with E-state index in [2.05, 4.69) is 22.0 Å². The van der Waals surface area contributed by atoms with Crippen molar-refractivity contribution in [3.8, 4) is 5.69 Å². The van der Waals surface area contributed by atoms with Crippen LogP contribution in [0.3, 0.4) is 0 Å². The lowest BCUT2D eigenvalue weighted by atomic mass is 10.2. The number of anilines is 1. The van der Waals surface area contributed by atoms with Crippen LogP contribution in [-0.4, -0.2) is 40.0 Å². The summed E-state index contributed by atoms with van der Waals surface area (Å²) >= 11 is 0. The molecule has 0 bridgehead atoms. The number of piperazine rings is 1. The lowest BCUT2D eigenvalue weighted by Crippen LogP contribution is -2.50. The van der Waals surface area contributed by atoms with Crippen molar-refractivity contribution in [2.45, 2.75) is 13.5 Å². The number of benzene rings is 2. The van der Waals surface area contributed by atoms with Gasteiger partial charge in [-0.3, -0.25) is 9.69 Å². The highest BCUT2D eigenvalue weighted by atomic mass is 16.2. The van der Waals surface area contributed by atoms with Gasteiger partial charge in [0.1, 0.15) is 0 Å². The molecule has 1 amide bonds. The van der Waals surface area contributed by atoms with E-state index in [-0.39, 0.29) is 5.91 Å². The molecule has 3 aromatic rings. The lowest BCUT2D eigenvalue weighted by molar-refractivity contribution is -0.121. The smallest absolute Gasteiger partial charge is 0.241 e. The summed E-state index contributed by atoms with van der Waals surface area (Å²) in [7, 11) is 0. The number of carbonyl (C=O) groups is 1. The first-order chi connectivity index (χ1) is 12.7. The van der Waals surface area contributed by atoms with Gasteiger partial charge in [0, 0.05) is 37.2 Å². The predicted octanol–water partition coefficient (Wildman–Crippen LogP) is 3.03. The zero-order valence-corrected chi connectivity index (χ0v) is 14.9. The van der Waals surface area contributed by atoms with Gasteiger partial charge in [0.25, 0.3) is 0 Å². The molecule has 1 aromatic heterocycles. The van der Waals surface area contributed by atoms with Crippen LogP contribution in [0.4, 0.5) is 5.69 Å². The fourth-order valence-electron chi connectivity index (χ4n) is 3.34. The highest BCUT2D eigenvalue weighted by Crippen LogP contribution is 2.20. The summed E-state index contributed by atoms with van der Waals surface area (Å²) < 4.78 is 1.98. The Morgan fingerprint density at radius 1 is 0.962 bits per heavy atom. The average Bonchev–Trinajstić information content (AvgIpc) is 3.09. The molecule has 4 rings (SSSR count). The van der Waals surface area contributed by atoms with E-state index in [1.165, 1.54) is 5.56 Å². The van der Waals surface area contributed by atoms with E-state index < -0.39 is 0 Å². The summed E-state index contributed by atoms with van der Waals surface area (Å²) in [6.45, 7) is 4.84. The molecular weight excluding hydrogens is 324 g/mol. The molecule has 5 nitrogen and oxygen atoms in total. The van der Waals surface area contributed by atoms with Crippen molar-refractivity contribution in [1.29, 1.82) is 0 Å². The van der Waals surface area contributed by atoms with Gasteiger partial charge in [-0.25, -0.2) is 4.98 Å². The van der Waals surface area contributed by atoms with Crippen LogP contribution in [0.25, 0.3) is 5.69 Å². The molecule has 2 aromatic carbocycles. The highest BCUT2D eigenvalue weighted by molar-refractivity contribution is 5.95. The third-order valence-corrected chi connectivity index (χ3v) is 4.72. The Labute approximate surface area is 153 Å². The van der Waals surface area contributed by atoms with Crippen LogP contribution in [0.2, 0.25) is 0 Å². The van der Waals surface area contributed by atoms with Crippen LogP contribution in [0, 0.1) is 6.92 Å². The van der Waals surface area contributed by atoms with Gasteiger partial charge >= 0.3 is 0 Å². The Bertz CT molecular complexity index is 886. The minimum Gasteiger partial charge on any atom is -0.310 e. The van der Waals surface area contributed by atoms with Gasteiger partial charge in [0.05, 0.1) is 18.6 Å². The zero-order valence-electron chi connectivity index (χ0n) is 14.9. The van der Waals surface area contributed by atoms with Crippen molar-refractivity contribution in [3.63, 3.8) is 0 Å². The minimum absolute atomic E-state index is 0.151. The molecule has 0 N–H and O–H groups in total. The van der Waals surface area contributed by atoms with Crippen LogP contribution in [0.1, 0.15) is 11.3 Å². The standard InChI is InChI=1S/C21H22N4O/c1-17-13-24(16-22-17)19-7-9-20(10-8-19)25-12-11-23(15-21(25)26)14-18-5-3-2-4-6-18/h2-10,13,16H,11-12,14-15H2,1H3. The normalized spacial score (nSPS) is 15.4. The van der Waals surface area contributed by atoms with E-state index in [0.29, 0.717) is 6.54 Å². The largest absolute Gasteiger partial charge is 0.310 e. The molecule has 0 spiro atoms. The number of aromatic nitrogens is 2. The van der Waals surface area contributed by atoms with E-state index in [0.717, 1.165) is 36.7 Å². The van der Waals surface area contributed by atoms with Crippen molar-refractivity contribution in [2.24, 2.45) is 0 Å². The van der Waals surface area contributed by atoms with E-state index in [1.54, 1.807) is 6.33 Å². The number of hydrogen-bond donors (Lipinski definition) is 0. The molecule has 0 radical (unpaired) electrons. The van der Waals surface area contributed by atoms with Crippen LogP contribution < -0.4 is 4.90 Å². The summed E-state index contributed by atoms with van der Waals surface area (Å²) in [5, 5.41) is 0. The van der Waals surface area contributed by atoms with Gasteiger partial charge in [-0.2, -0.15) is 0 Å². The number of aryl methyl sites for hydroxylation is 1. The molecule has 132 valence electrons. The van der Waals surface area contributed by atoms with E-state index >= 15 is 0 Å². The lowest BCUT2D eigenvalue weighted by Gasteiger charge is -2.34. The fourth-order valence-corrected chi connectivity index (χ4v) is 3.34. The molecule has 5 heteroatoms. The molecule has 1 fully saturated rings. The molecule has 26 heavy (non-hydrogen) atoms. The van der Waals surface area contributed by atoms with Crippen molar-refractivity contribution >= 4 is 11.6 Å². The monoisotopic (exact) mass is 346 g/mol. The number of carbonyl (C=O) groups excluding carboxylic acids is 1. The fraction of sp³-hybridized carbons (Fsp3) is 0.238. The maximum absolute atomic E-state index is 12.6.